The number of amides is 1. The lowest BCUT2D eigenvalue weighted by molar-refractivity contribution is -0.0172. The predicted molar refractivity (Wildman–Crippen MR) is 114 cm³/mol. The van der Waals surface area contributed by atoms with Gasteiger partial charge < -0.3 is 14.6 Å². The number of H-pyrrole nitrogens is 1. The largest absolute Gasteiger partial charge is 0.441 e. The Morgan fingerprint density at radius 3 is 2.97 bits per heavy atom. The number of nitrogens with zero attached hydrogens (tertiary/aromatic N) is 4. The molecule has 4 heterocycles. The molecule has 7 nitrogen and oxygen atoms in total. The maximum absolute atomic E-state index is 14.7. The van der Waals surface area contributed by atoms with Crippen LogP contribution in [0.3, 0.4) is 0 Å². The Bertz CT molecular complexity index is 1180. The van der Waals surface area contributed by atoms with Crippen LogP contribution in [0.25, 0.3) is 22.4 Å². The number of hydrogen-bond acceptors (Lipinski definition) is 5. The Labute approximate surface area is 184 Å². The van der Waals surface area contributed by atoms with Crippen LogP contribution in [0, 0.1) is 17.6 Å². The number of nitrogens with one attached hydrogen (secondary N) is 1. The van der Waals surface area contributed by atoms with Gasteiger partial charge in [-0.15, -0.1) is 0 Å². The van der Waals surface area contributed by atoms with E-state index < -0.39 is 17.2 Å². The fourth-order valence-corrected chi connectivity index (χ4v) is 5.50. The Morgan fingerprint density at radius 1 is 1.31 bits per heavy atom. The van der Waals surface area contributed by atoms with Crippen molar-refractivity contribution in [1.29, 1.82) is 0 Å². The van der Waals surface area contributed by atoms with Gasteiger partial charge in [-0.3, -0.25) is 0 Å². The lowest BCUT2D eigenvalue weighted by Crippen LogP contribution is -2.47. The van der Waals surface area contributed by atoms with E-state index in [1.54, 1.807) is 18.1 Å². The minimum Gasteiger partial charge on any atom is -0.441 e. The highest BCUT2D eigenvalue weighted by Crippen LogP contribution is 2.45. The molecule has 2 fully saturated rings. The molecule has 3 atom stereocenters. The lowest BCUT2D eigenvalue weighted by Gasteiger charge is -2.40. The third kappa shape index (κ3) is 3.40. The molecule has 3 aromatic heterocycles. The highest BCUT2D eigenvalue weighted by Gasteiger charge is 2.53. The van der Waals surface area contributed by atoms with Crippen LogP contribution in [0.15, 0.2) is 24.7 Å². The number of aromatic nitrogens is 4. The number of halogens is 2. The molecular weight excluding hydrogens is 416 g/mol. The lowest BCUT2D eigenvalue weighted by atomic mass is 9.72. The number of carbonyl (C=O) groups is 1. The van der Waals surface area contributed by atoms with Crippen molar-refractivity contribution in [2.75, 3.05) is 7.05 Å². The Balaban J connectivity index is 1.42. The van der Waals surface area contributed by atoms with Crippen molar-refractivity contribution in [3.05, 3.63) is 42.0 Å². The number of rotatable bonds is 4. The second-order valence-electron chi connectivity index (χ2n) is 8.87. The number of fused-ring (bicyclic) bond motifs is 1. The Morgan fingerprint density at radius 2 is 2.16 bits per heavy atom. The van der Waals surface area contributed by atoms with E-state index in [-0.39, 0.29) is 18.1 Å². The van der Waals surface area contributed by atoms with Gasteiger partial charge in [-0.2, -0.15) is 0 Å². The van der Waals surface area contributed by atoms with E-state index in [2.05, 4.69) is 26.9 Å². The highest BCUT2D eigenvalue weighted by molar-refractivity contribution is 5.91. The zero-order valence-corrected chi connectivity index (χ0v) is 18.1. The quantitative estimate of drug-likeness (QED) is 0.638. The van der Waals surface area contributed by atoms with Crippen LogP contribution in [0.4, 0.5) is 13.6 Å². The average molecular weight is 441 g/mol. The van der Waals surface area contributed by atoms with Gasteiger partial charge in [-0.05, 0) is 50.5 Å². The molecule has 0 aromatic carbocycles. The summed E-state index contributed by atoms with van der Waals surface area (Å²) in [7, 11) is 1.78. The number of ether oxygens (including phenoxy) is 1. The van der Waals surface area contributed by atoms with E-state index in [1.165, 1.54) is 12.3 Å². The smallest absolute Gasteiger partial charge is 0.410 e. The van der Waals surface area contributed by atoms with Crippen molar-refractivity contribution in [2.24, 2.45) is 5.92 Å². The number of hydrogen-bond donors (Lipinski definition) is 1. The van der Waals surface area contributed by atoms with Gasteiger partial charge in [0.1, 0.15) is 17.1 Å². The van der Waals surface area contributed by atoms with Gasteiger partial charge in [-0.1, -0.05) is 6.92 Å². The fraction of sp³-hybridized carbons (Fsp3) is 0.478. The third-order valence-corrected chi connectivity index (χ3v) is 6.92. The van der Waals surface area contributed by atoms with E-state index in [0.29, 0.717) is 41.0 Å². The molecule has 1 saturated carbocycles. The normalized spacial score (nSPS) is 25.6. The first-order valence-corrected chi connectivity index (χ1v) is 11.0. The van der Waals surface area contributed by atoms with E-state index in [9.17, 15) is 13.6 Å². The first kappa shape index (κ1) is 20.8. The van der Waals surface area contributed by atoms with Crippen LogP contribution in [0.1, 0.15) is 44.7 Å². The summed E-state index contributed by atoms with van der Waals surface area (Å²) in [5.74, 6) is -0.472. The molecule has 2 aliphatic rings. The molecular formula is C23H25F2N5O2. The van der Waals surface area contributed by atoms with Crippen molar-refractivity contribution in [2.45, 2.75) is 57.1 Å². The van der Waals surface area contributed by atoms with Gasteiger partial charge in [0.25, 0.3) is 0 Å². The van der Waals surface area contributed by atoms with Crippen molar-refractivity contribution in [3.8, 4) is 11.4 Å². The SMILES string of the molecule is CC[C@@H]1N(C)C(=O)O[C@]12CCC[C@H](Cc1nc(-c3c[nH]c4ncc(F)cc34)ncc1F)C2. The van der Waals surface area contributed by atoms with Gasteiger partial charge in [-0.25, -0.2) is 28.5 Å². The summed E-state index contributed by atoms with van der Waals surface area (Å²) in [5.41, 5.74) is 0.894. The summed E-state index contributed by atoms with van der Waals surface area (Å²) < 4.78 is 34.2. The summed E-state index contributed by atoms with van der Waals surface area (Å²) in [5, 5.41) is 0.547. The monoisotopic (exact) mass is 441 g/mol. The van der Waals surface area contributed by atoms with Crippen LogP contribution in [-0.4, -0.2) is 49.6 Å². The van der Waals surface area contributed by atoms with Gasteiger partial charge in [0.2, 0.25) is 0 Å². The molecule has 0 bridgehead atoms. The topological polar surface area (TPSA) is 84.0 Å². The van der Waals surface area contributed by atoms with Crippen LogP contribution in [-0.2, 0) is 11.2 Å². The number of likely N-dealkylation sites (N-methyl/N-ethyl adjacent to an activating group) is 1. The average Bonchev–Trinajstić information content (AvgIpc) is 3.28. The molecule has 1 aliphatic carbocycles. The van der Waals surface area contributed by atoms with E-state index in [4.69, 9.17) is 4.74 Å². The van der Waals surface area contributed by atoms with Gasteiger partial charge in [0.15, 0.2) is 11.6 Å². The molecule has 168 valence electrons. The summed E-state index contributed by atoms with van der Waals surface area (Å²) in [6, 6.07) is 1.39. The predicted octanol–water partition coefficient (Wildman–Crippen LogP) is 4.63. The molecule has 5 rings (SSSR count). The first-order valence-electron chi connectivity index (χ1n) is 11.0. The second kappa shape index (κ2) is 7.79. The zero-order chi connectivity index (χ0) is 22.5. The fourth-order valence-electron chi connectivity index (χ4n) is 5.50. The maximum Gasteiger partial charge on any atom is 0.410 e. The van der Waals surface area contributed by atoms with Gasteiger partial charge >= 0.3 is 6.09 Å². The number of pyridine rings is 1. The Kier molecular flexibility index (Phi) is 5.06. The zero-order valence-electron chi connectivity index (χ0n) is 18.1. The van der Waals surface area contributed by atoms with Crippen LogP contribution in [0.2, 0.25) is 0 Å². The molecule has 0 radical (unpaired) electrons. The van der Waals surface area contributed by atoms with Crippen molar-refractivity contribution in [3.63, 3.8) is 0 Å². The van der Waals surface area contributed by atoms with Crippen LogP contribution in [0.5, 0.6) is 0 Å². The maximum atomic E-state index is 14.7. The molecule has 1 spiro atoms. The molecule has 1 saturated heterocycles. The summed E-state index contributed by atoms with van der Waals surface area (Å²) >= 11 is 0. The van der Waals surface area contributed by atoms with E-state index in [1.807, 2.05) is 0 Å². The van der Waals surface area contributed by atoms with Crippen LogP contribution < -0.4 is 0 Å². The molecule has 0 unspecified atom stereocenters. The highest BCUT2D eigenvalue weighted by atomic mass is 19.1. The van der Waals surface area contributed by atoms with Gasteiger partial charge in [0.05, 0.1) is 24.1 Å². The van der Waals surface area contributed by atoms with E-state index in [0.717, 1.165) is 31.9 Å². The standard InChI is InChI=1S/C23H25F2N5O2/c1-3-19-23(32-22(31)30(19)2)6-4-5-13(9-23)7-18-17(25)12-28-21(29-18)16-11-27-20-15(16)8-14(24)10-26-20/h8,10-13,19H,3-7,9H2,1-2H3,(H,26,27)/t13-,19+,23+/m1/s1. The third-order valence-electron chi connectivity index (χ3n) is 6.92. The summed E-state index contributed by atoms with van der Waals surface area (Å²) in [6.07, 6.45) is 8.25. The van der Waals surface area contributed by atoms with E-state index >= 15 is 0 Å². The molecule has 1 aliphatic heterocycles. The van der Waals surface area contributed by atoms with Crippen molar-refractivity contribution < 1.29 is 18.3 Å². The second-order valence-corrected chi connectivity index (χ2v) is 8.87. The van der Waals surface area contributed by atoms with Crippen molar-refractivity contribution in [1.82, 2.24) is 24.8 Å². The number of aromatic amines is 1. The molecule has 1 N–H and O–H groups in total. The van der Waals surface area contributed by atoms with Gasteiger partial charge in [0, 0.05) is 24.2 Å². The molecule has 32 heavy (non-hydrogen) atoms. The Hall–Kier alpha value is -3.10. The molecule has 9 heteroatoms. The minimum atomic E-state index is -0.518. The number of carbonyl (C=O) groups excluding carboxylic acids is 1. The molecule has 1 amide bonds. The minimum absolute atomic E-state index is 0.0252. The van der Waals surface area contributed by atoms with Crippen LogP contribution >= 0.6 is 0 Å². The summed E-state index contributed by atoms with van der Waals surface area (Å²) in [4.78, 5) is 29.6. The first-order chi connectivity index (χ1) is 15.4. The summed E-state index contributed by atoms with van der Waals surface area (Å²) in [6.45, 7) is 2.06. The van der Waals surface area contributed by atoms with Crippen molar-refractivity contribution >= 4 is 17.1 Å². The molecule has 3 aromatic rings.